The molecule has 94 valence electrons. The Kier molecular flexibility index (Phi) is 1.93. The summed E-state index contributed by atoms with van der Waals surface area (Å²) in [6.07, 6.45) is 8.26. The van der Waals surface area contributed by atoms with E-state index in [4.69, 9.17) is 11.0 Å². The van der Waals surface area contributed by atoms with Gasteiger partial charge in [-0.2, -0.15) is 5.26 Å². The number of rotatable bonds is 1. The normalized spacial score (nSPS) is 40.9. The van der Waals surface area contributed by atoms with Gasteiger partial charge in [-0.1, -0.05) is 0 Å². The van der Waals surface area contributed by atoms with E-state index in [1.54, 1.807) is 0 Å². The van der Waals surface area contributed by atoms with Gasteiger partial charge in [0.2, 0.25) is 0 Å². The van der Waals surface area contributed by atoms with Gasteiger partial charge >= 0.3 is 0 Å². The molecule has 0 amide bonds. The van der Waals surface area contributed by atoms with Gasteiger partial charge in [0.1, 0.15) is 11.9 Å². The highest BCUT2D eigenvalue weighted by atomic mass is 14.9. The summed E-state index contributed by atoms with van der Waals surface area (Å²) < 4.78 is 0. The van der Waals surface area contributed by atoms with Gasteiger partial charge in [0, 0.05) is 11.1 Å². The molecule has 0 radical (unpaired) electrons. The fourth-order valence-corrected chi connectivity index (χ4v) is 5.29. The largest absolute Gasteiger partial charge is 0.384 e. The molecular formula is C15H19N3. The van der Waals surface area contributed by atoms with Crippen LogP contribution in [0.2, 0.25) is 0 Å². The van der Waals surface area contributed by atoms with Crippen LogP contribution in [0, 0.1) is 29.1 Å². The molecule has 0 atom stereocenters. The maximum absolute atomic E-state index is 9.06. The molecule has 1 heterocycles. The maximum Gasteiger partial charge on any atom is 0.119 e. The number of aromatic nitrogens is 1. The number of nitriles is 1. The Morgan fingerprint density at radius 1 is 1.17 bits per heavy atom. The predicted octanol–water partition coefficient (Wildman–Crippen LogP) is 2.94. The van der Waals surface area contributed by atoms with E-state index in [9.17, 15) is 0 Å². The summed E-state index contributed by atoms with van der Waals surface area (Å²) in [5, 5.41) is 9.06. The summed E-state index contributed by atoms with van der Waals surface area (Å²) in [6.45, 7) is 0. The molecule has 1 aromatic rings. The van der Waals surface area contributed by atoms with Crippen LogP contribution in [0.25, 0.3) is 0 Å². The van der Waals surface area contributed by atoms with Gasteiger partial charge in [-0.05, 0) is 62.3 Å². The summed E-state index contributed by atoms with van der Waals surface area (Å²) in [6, 6.07) is 4.21. The van der Waals surface area contributed by atoms with Gasteiger partial charge in [0.25, 0.3) is 0 Å². The van der Waals surface area contributed by atoms with Crippen molar-refractivity contribution in [2.24, 2.45) is 17.8 Å². The van der Waals surface area contributed by atoms with Crippen LogP contribution in [0.1, 0.15) is 49.8 Å². The quantitative estimate of drug-likeness (QED) is 0.794. The molecule has 5 rings (SSSR count). The zero-order chi connectivity index (χ0) is 12.3. The molecule has 1 aromatic heterocycles. The Morgan fingerprint density at radius 3 is 2.17 bits per heavy atom. The minimum Gasteiger partial charge on any atom is -0.384 e. The van der Waals surface area contributed by atoms with Crippen LogP contribution in [0.4, 0.5) is 5.82 Å². The van der Waals surface area contributed by atoms with Crippen molar-refractivity contribution in [3.05, 3.63) is 17.3 Å². The first-order valence-corrected chi connectivity index (χ1v) is 7.07. The third-order valence-electron chi connectivity index (χ3n) is 5.58. The number of nitrogens with zero attached hydrogens (tertiary/aromatic N) is 1. The highest BCUT2D eigenvalue weighted by Crippen LogP contribution is 2.60. The lowest BCUT2D eigenvalue weighted by molar-refractivity contribution is -0.00693. The molecule has 0 aromatic carbocycles. The van der Waals surface area contributed by atoms with Gasteiger partial charge in [0.05, 0.1) is 5.56 Å². The zero-order valence-electron chi connectivity index (χ0n) is 10.6. The Bertz CT molecular complexity index is 499. The summed E-state index contributed by atoms with van der Waals surface area (Å²) in [7, 11) is 0. The molecule has 0 unspecified atom stereocenters. The average molecular weight is 241 g/mol. The Balaban J connectivity index is 1.77. The highest BCUT2D eigenvalue weighted by Gasteiger charge is 2.52. The maximum atomic E-state index is 9.06. The van der Waals surface area contributed by atoms with E-state index < -0.39 is 0 Å². The summed E-state index contributed by atoms with van der Waals surface area (Å²) in [5.74, 6) is 3.33. The molecule has 4 aliphatic rings. The fourth-order valence-electron chi connectivity index (χ4n) is 5.29. The van der Waals surface area contributed by atoms with E-state index in [1.165, 1.54) is 44.2 Å². The highest BCUT2D eigenvalue weighted by molar-refractivity contribution is 5.52. The second kappa shape index (κ2) is 3.32. The van der Waals surface area contributed by atoms with Crippen molar-refractivity contribution in [2.75, 3.05) is 5.73 Å². The minimum atomic E-state index is 0.317. The molecule has 4 fully saturated rings. The van der Waals surface area contributed by atoms with Crippen molar-refractivity contribution in [3.63, 3.8) is 0 Å². The topological polar surface area (TPSA) is 65.6 Å². The van der Waals surface area contributed by atoms with E-state index in [0.717, 1.165) is 17.8 Å². The standard InChI is InChI=1S/C15H19N3/c16-8-12-4-13(18-14(12)17)15-5-9-1-10(6-15)3-11(2-9)7-15/h4,9-11,18H,1-3,5-7,17H2. The van der Waals surface area contributed by atoms with Crippen molar-refractivity contribution in [1.29, 1.82) is 5.26 Å². The summed E-state index contributed by atoms with van der Waals surface area (Å²) in [5.41, 5.74) is 8.08. The van der Waals surface area contributed by atoms with Gasteiger partial charge in [-0.15, -0.1) is 0 Å². The average Bonchev–Trinajstić information content (AvgIpc) is 2.69. The van der Waals surface area contributed by atoms with Crippen LogP contribution >= 0.6 is 0 Å². The predicted molar refractivity (Wildman–Crippen MR) is 69.8 cm³/mol. The Morgan fingerprint density at radius 2 is 1.72 bits per heavy atom. The van der Waals surface area contributed by atoms with E-state index in [1.807, 2.05) is 6.07 Å². The zero-order valence-corrected chi connectivity index (χ0v) is 10.6. The molecule has 3 nitrogen and oxygen atoms in total. The van der Waals surface area contributed by atoms with Crippen LogP contribution in [0.3, 0.4) is 0 Å². The number of nitrogens with two attached hydrogens (primary N) is 1. The fraction of sp³-hybridized carbons (Fsp3) is 0.667. The van der Waals surface area contributed by atoms with Gasteiger partial charge in [-0.3, -0.25) is 0 Å². The second-order valence-electron chi connectivity index (χ2n) is 6.82. The van der Waals surface area contributed by atoms with Gasteiger partial charge < -0.3 is 10.7 Å². The molecule has 4 aliphatic carbocycles. The number of hydrogen-bond donors (Lipinski definition) is 2. The number of hydrogen-bond acceptors (Lipinski definition) is 2. The van der Waals surface area contributed by atoms with Crippen molar-refractivity contribution in [2.45, 2.75) is 43.9 Å². The molecule has 4 saturated carbocycles. The molecule has 3 heteroatoms. The van der Waals surface area contributed by atoms with E-state index in [2.05, 4.69) is 11.1 Å². The van der Waals surface area contributed by atoms with Crippen molar-refractivity contribution >= 4 is 5.82 Å². The third-order valence-corrected chi connectivity index (χ3v) is 5.58. The second-order valence-corrected chi connectivity index (χ2v) is 6.82. The number of H-pyrrole nitrogens is 1. The molecule has 4 bridgehead atoms. The van der Waals surface area contributed by atoms with Crippen LogP contribution in [-0.4, -0.2) is 4.98 Å². The number of nitrogen functional groups attached to an aromatic ring is 1. The number of aromatic amines is 1. The first-order chi connectivity index (χ1) is 8.68. The third kappa shape index (κ3) is 1.29. The van der Waals surface area contributed by atoms with Crippen molar-refractivity contribution in [1.82, 2.24) is 4.98 Å². The van der Waals surface area contributed by atoms with Crippen LogP contribution in [-0.2, 0) is 5.41 Å². The minimum absolute atomic E-state index is 0.317. The molecule has 0 saturated heterocycles. The summed E-state index contributed by atoms with van der Waals surface area (Å²) in [4.78, 5) is 3.31. The molecule has 0 aliphatic heterocycles. The molecule has 18 heavy (non-hydrogen) atoms. The summed E-state index contributed by atoms with van der Waals surface area (Å²) >= 11 is 0. The monoisotopic (exact) mass is 241 g/mol. The smallest absolute Gasteiger partial charge is 0.119 e. The van der Waals surface area contributed by atoms with E-state index in [-0.39, 0.29) is 0 Å². The van der Waals surface area contributed by atoms with Crippen LogP contribution in [0.5, 0.6) is 0 Å². The van der Waals surface area contributed by atoms with Crippen molar-refractivity contribution in [3.8, 4) is 6.07 Å². The van der Waals surface area contributed by atoms with E-state index in [0.29, 0.717) is 16.8 Å². The van der Waals surface area contributed by atoms with Crippen molar-refractivity contribution < 1.29 is 0 Å². The molecule has 3 N–H and O–H groups in total. The number of nitrogens with one attached hydrogen (secondary N) is 1. The lowest BCUT2D eigenvalue weighted by atomic mass is 9.49. The first-order valence-electron chi connectivity index (χ1n) is 7.07. The molecule has 0 spiro atoms. The lowest BCUT2D eigenvalue weighted by Crippen LogP contribution is -2.48. The van der Waals surface area contributed by atoms with Crippen LogP contribution in [0.15, 0.2) is 6.07 Å². The lowest BCUT2D eigenvalue weighted by Gasteiger charge is -2.56. The first kappa shape index (κ1) is 10.5. The molecular weight excluding hydrogens is 222 g/mol. The van der Waals surface area contributed by atoms with Gasteiger partial charge in [0.15, 0.2) is 0 Å². The SMILES string of the molecule is N#Cc1cc(C23CC4CC(CC(C4)C2)C3)[nH]c1N. The van der Waals surface area contributed by atoms with Crippen LogP contribution < -0.4 is 5.73 Å². The number of anilines is 1. The van der Waals surface area contributed by atoms with E-state index >= 15 is 0 Å². The Labute approximate surface area is 107 Å². The Hall–Kier alpha value is -1.43. The van der Waals surface area contributed by atoms with Gasteiger partial charge in [-0.25, -0.2) is 0 Å².